The van der Waals surface area contributed by atoms with Crippen LogP contribution in [0.2, 0.25) is 0 Å². The third-order valence-corrected chi connectivity index (χ3v) is 3.89. The van der Waals surface area contributed by atoms with Gasteiger partial charge in [-0.15, -0.1) is 0 Å². The lowest BCUT2D eigenvalue weighted by Crippen LogP contribution is -2.25. The predicted molar refractivity (Wildman–Crippen MR) is 69.8 cm³/mol. The Kier molecular flexibility index (Phi) is 4.23. The van der Waals surface area contributed by atoms with Crippen molar-refractivity contribution in [3.8, 4) is 0 Å². The number of furan rings is 1. The summed E-state index contributed by atoms with van der Waals surface area (Å²) in [5, 5.41) is 1.09. The van der Waals surface area contributed by atoms with Gasteiger partial charge in [0.25, 0.3) is 0 Å². The van der Waals surface area contributed by atoms with E-state index in [1.807, 2.05) is 30.3 Å². The van der Waals surface area contributed by atoms with Gasteiger partial charge in [0.05, 0.1) is 16.5 Å². The molecular formula is C13H16N2OS. The van der Waals surface area contributed by atoms with Gasteiger partial charge >= 0.3 is 0 Å². The van der Waals surface area contributed by atoms with Gasteiger partial charge in [-0.3, -0.25) is 0 Å². The van der Waals surface area contributed by atoms with Crippen LogP contribution in [0, 0.1) is 0 Å². The van der Waals surface area contributed by atoms with E-state index in [1.54, 1.807) is 24.2 Å². The highest BCUT2D eigenvalue weighted by molar-refractivity contribution is 7.99. The van der Waals surface area contributed by atoms with E-state index < -0.39 is 0 Å². The van der Waals surface area contributed by atoms with Crippen molar-refractivity contribution in [2.45, 2.75) is 29.7 Å². The minimum absolute atomic E-state index is 0.0631. The summed E-state index contributed by atoms with van der Waals surface area (Å²) in [6.45, 7) is 2.08. The van der Waals surface area contributed by atoms with E-state index in [2.05, 4.69) is 11.9 Å². The first kappa shape index (κ1) is 12.2. The Bertz CT molecular complexity index is 430. The van der Waals surface area contributed by atoms with Gasteiger partial charge in [0, 0.05) is 12.2 Å². The molecule has 0 aromatic carbocycles. The number of thioether (sulfide) groups is 1. The summed E-state index contributed by atoms with van der Waals surface area (Å²) in [5.74, 6) is 0.912. The molecule has 0 fully saturated rings. The molecule has 2 aromatic heterocycles. The molecule has 0 radical (unpaired) electrons. The summed E-state index contributed by atoms with van der Waals surface area (Å²) >= 11 is 1.65. The zero-order valence-corrected chi connectivity index (χ0v) is 10.6. The lowest BCUT2D eigenvalue weighted by atomic mass is 10.1. The molecule has 2 heterocycles. The summed E-state index contributed by atoms with van der Waals surface area (Å²) in [6, 6.07) is 9.80. The first-order chi connectivity index (χ1) is 8.31. The van der Waals surface area contributed by atoms with Gasteiger partial charge in [-0.05, 0) is 30.7 Å². The molecule has 0 spiro atoms. The number of nitrogens with zero attached hydrogens (tertiary/aromatic N) is 1. The van der Waals surface area contributed by atoms with Crippen molar-refractivity contribution in [1.29, 1.82) is 0 Å². The maximum Gasteiger partial charge on any atom is 0.118 e. The van der Waals surface area contributed by atoms with Crippen molar-refractivity contribution in [1.82, 2.24) is 4.98 Å². The summed E-state index contributed by atoms with van der Waals surface area (Å²) in [6.07, 6.45) is 4.38. The van der Waals surface area contributed by atoms with Gasteiger partial charge in [-0.2, -0.15) is 0 Å². The minimum atomic E-state index is 0.0631. The van der Waals surface area contributed by atoms with Crippen LogP contribution in [0.1, 0.15) is 24.4 Å². The number of hydrogen-bond acceptors (Lipinski definition) is 4. The van der Waals surface area contributed by atoms with Gasteiger partial charge in [0.15, 0.2) is 0 Å². The van der Waals surface area contributed by atoms with E-state index >= 15 is 0 Å². The minimum Gasteiger partial charge on any atom is -0.468 e. The Balaban J connectivity index is 2.17. The number of hydrogen-bond donors (Lipinski definition) is 1. The molecule has 2 N–H and O–H groups in total. The van der Waals surface area contributed by atoms with Gasteiger partial charge in [0.2, 0.25) is 0 Å². The van der Waals surface area contributed by atoms with Crippen molar-refractivity contribution in [3.63, 3.8) is 0 Å². The second kappa shape index (κ2) is 5.89. The Morgan fingerprint density at radius 2 is 2.24 bits per heavy atom. The molecule has 0 saturated carbocycles. The predicted octanol–water partition coefficient (Wildman–Crippen LogP) is 3.25. The number of aromatic nitrogens is 1. The highest BCUT2D eigenvalue weighted by Gasteiger charge is 2.22. The van der Waals surface area contributed by atoms with Crippen LogP contribution < -0.4 is 5.73 Å². The molecule has 0 amide bonds. The highest BCUT2D eigenvalue weighted by atomic mass is 32.2. The second-order valence-corrected chi connectivity index (χ2v) is 4.96. The Morgan fingerprint density at radius 1 is 1.35 bits per heavy atom. The van der Waals surface area contributed by atoms with Crippen molar-refractivity contribution in [2.24, 2.45) is 5.73 Å². The average molecular weight is 248 g/mol. The quantitative estimate of drug-likeness (QED) is 0.825. The van der Waals surface area contributed by atoms with Crippen LogP contribution in [0.15, 0.2) is 52.2 Å². The first-order valence-electron chi connectivity index (χ1n) is 5.68. The van der Waals surface area contributed by atoms with Crippen molar-refractivity contribution < 1.29 is 4.42 Å². The Morgan fingerprint density at radius 3 is 2.82 bits per heavy atom. The van der Waals surface area contributed by atoms with Gasteiger partial charge in [-0.25, -0.2) is 4.98 Å². The van der Waals surface area contributed by atoms with E-state index in [0.717, 1.165) is 17.2 Å². The molecule has 2 aromatic rings. The van der Waals surface area contributed by atoms with E-state index in [1.165, 1.54) is 0 Å². The lowest BCUT2D eigenvalue weighted by molar-refractivity contribution is 0.473. The molecule has 4 heteroatoms. The lowest BCUT2D eigenvalue weighted by Gasteiger charge is -2.19. The van der Waals surface area contributed by atoms with Crippen LogP contribution in [0.4, 0.5) is 0 Å². The van der Waals surface area contributed by atoms with Crippen LogP contribution in [0.5, 0.6) is 0 Å². The molecule has 90 valence electrons. The summed E-state index contributed by atoms with van der Waals surface area (Å²) in [5.41, 5.74) is 6.15. The maximum absolute atomic E-state index is 6.15. The normalized spacial score (nSPS) is 14.5. The van der Waals surface area contributed by atoms with Crippen LogP contribution in [-0.2, 0) is 0 Å². The molecule has 0 bridgehead atoms. The van der Waals surface area contributed by atoms with E-state index in [0.29, 0.717) is 0 Å². The Labute approximate surface area is 105 Å². The third-order valence-electron chi connectivity index (χ3n) is 2.57. The molecule has 0 aliphatic rings. The number of pyridine rings is 1. The first-order valence-corrected chi connectivity index (χ1v) is 6.56. The molecule has 2 rings (SSSR count). The van der Waals surface area contributed by atoms with E-state index in [-0.39, 0.29) is 11.3 Å². The van der Waals surface area contributed by atoms with Gasteiger partial charge in [-0.1, -0.05) is 24.8 Å². The van der Waals surface area contributed by atoms with Gasteiger partial charge < -0.3 is 10.2 Å². The van der Waals surface area contributed by atoms with Crippen molar-refractivity contribution in [2.75, 3.05) is 0 Å². The Hall–Kier alpha value is -1.26. The number of nitrogens with two attached hydrogens (primary N) is 1. The summed E-state index contributed by atoms with van der Waals surface area (Å²) in [7, 11) is 0. The fraction of sp³-hybridized carbons (Fsp3) is 0.308. The molecular weight excluding hydrogens is 232 g/mol. The van der Waals surface area contributed by atoms with Crippen molar-refractivity contribution in [3.05, 3.63) is 48.6 Å². The van der Waals surface area contributed by atoms with Crippen LogP contribution in [0.25, 0.3) is 0 Å². The second-order valence-electron chi connectivity index (χ2n) is 3.79. The van der Waals surface area contributed by atoms with Gasteiger partial charge in [0.1, 0.15) is 5.76 Å². The van der Waals surface area contributed by atoms with Crippen LogP contribution in [0.3, 0.4) is 0 Å². The fourth-order valence-corrected chi connectivity index (χ4v) is 2.73. The molecule has 17 heavy (non-hydrogen) atoms. The zero-order valence-electron chi connectivity index (χ0n) is 9.74. The molecule has 0 aliphatic carbocycles. The van der Waals surface area contributed by atoms with E-state index in [4.69, 9.17) is 10.2 Å². The SMILES string of the molecule is CCC(N)C(Sc1ccccn1)c1ccco1. The zero-order chi connectivity index (χ0) is 12.1. The largest absolute Gasteiger partial charge is 0.468 e. The molecule has 3 nitrogen and oxygen atoms in total. The topological polar surface area (TPSA) is 52.0 Å². The molecule has 0 aliphatic heterocycles. The average Bonchev–Trinajstić information content (AvgIpc) is 2.90. The van der Waals surface area contributed by atoms with Crippen molar-refractivity contribution >= 4 is 11.8 Å². The standard InChI is InChI=1S/C13H16N2OS/c1-2-10(14)13(11-6-5-9-16-11)17-12-7-3-4-8-15-12/h3-10,13H,2,14H2,1H3. The fourth-order valence-electron chi connectivity index (χ4n) is 1.57. The molecule has 2 unspecified atom stereocenters. The monoisotopic (exact) mass is 248 g/mol. The highest BCUT2D eigenvalue weighted by Crippen LogP contribution is 2.37. The van der Waals surface area contributed by atoms with E-state index in [9.17, 15) is 0 Å². The van der Waals surface area contributed by atoms with Crippen LogP contribution in [-0.4, -0.2) is 11.0 Å². The smallest absolute Gasteiger partial charge is 0.118 e. The summed E-state index contributed by atoms with van der Waals surface area (Å²) in [4.78, 5) is 4.31. The maximum atomic E-state index is 6.15. The summed E-state index contributed by atoms with van der Waals surface area (Å²) < 4.78 is 5.46. The molecule has 2 atom stereocenters. The third kappa shape index (κ3) is 3.11. The number of rotatable bonds is 5. The molecule has 0 saturated heterocycles. The van der Waals surface area contributed by atoms with Crippen LogP contribution >= 0.6 is 11.8 Å².